The minimum absolute atomic E-state index is 0.417. The fraction of sp³-hybridized carbons (Fsp3) is 1.00. The number of hydrogen-bond acceptors (Lipinski definition) is 3. The van der Waals surface area contributed by atoms with Crippen LogP contribution in [0.3, 0.4) is 0 Å². The highest BCUT2D eigenvalue weighted by atomic mass is 16.5. The van der Waals surface area contributed by atoms with Crippen molar-refractivity contribution >= 4 is 0 Å². The molecule has 12 atom stereocenters. The van der Waals surface area contributed by atoms with Crippen molar-refractivity contribution in [3.8, 4) is 0 Å². The van der Waals surface area contributed by atoms with Gasteiger partial charge in [-0.1, -0.05) is 0 Å². The smallest absolute Gasteiger partial charge is 0.0497 e. The molecule has 0 radical (unpaired) electrons. The molecule has 6 saturated carbocycles. The van der Waals surface area contributed by atoms with Crippen LogP contribution in [-0.4, -0.2) is 36.6 Å². The highest BCUT2D eigenvalue weighted by molar-refractivity contribution is 5.07. The number of hydrogen-bond donors (Lipinski definition) is 2. The van der Waals surface area contributed by atoms with Crippen LogP contribution in [0.15, 0.2) is 0 Å². The van der Waals surface area contributed by atoms with Gasteiger partial charge in [-0.15, -0.1) is 0 Å². The minimum atomic E-state index is 0.417. The van der Waals surface area contributed by atoms with Gasteiger partial charge < -0.3 is 14.9 Å². The van der Waals surface area contributed by atoms with Crippen LogP contribution in [0.1, 0.15) is 51.4 Å². The van der Waals surface area contributed by atoms with Gasteiger partial charge >= 0.3 is 0 Å². The van der Waals surface area contributed by atoms with E-state index < -0.39 is 0 Å². The molecule has 0 aromatic carbocycles. The van der Waals surface area contributed by atoms with Gasteiger partial charge in [-0.05, 0) is 122 Å². The molecule has 6 aliphatic rings. The zero-order chi connectivity index (χ0) is 18.1. The molecule has 6 fully saturated rings. The molecule has 12 unspecified atom stereocenters. The molecule has 0 aliphatic heterocycles. The van der Waals surface area contributed by atoms with Gasteiger partial charge in [0.2, 0.25) is 0 Å². The van der Waals surface area contributed by atoms with Crippen LogP contribution < -0.4 is 0 Å². The molecule has 0 aromatic rings. The first kappa shape index (κ1) is 17.7. The summed E-state index contributed by atoms with van der Waals surface area (Å²) in [6.45, 7) is 2.83. The fourth-order valence-electron chi connectivity index (χ4n) is 9.98. The number of ether oxygens (including phenoxy) is 1. The molecular weight excluding hydrogens is 336 g/mol. The van der Waals surface area contributed by atoms with Crippen molar-refractivity contribution in [2.45, 2.75) is 51.4 Å². The molecule has 6 aliphatic carbocycles. The molecule has 0 aromatic heterocycles. The lowest BCUT2D eigenvalue weighted by Gasteiger charge is -2.35. The van der Waals surface area contributed by atoms with Crippen molar-refractivity contribution in [1.82, 2.24) is 0 Å². The van der Waals surface area contributed by atoms with Gasteiger partial charge in [0.1, 0.15) is 0 Å². The van der Waals surface area contributed by atoms with E-state index in [1.54, 1.807) is 0 Å². The molecule has 0 heterocycles. The Labute approximate surface area is 164 Å². The lowest BCUT2D eigenvalue weighted by molar-refractivity contribution is 0.0101. The predicted octanol–water partition coefficient (Wildman–Crippen LogP) is 3.58. The lowest BCUT2D eigenvalue weighted by Crippen LogP contribution is -2.33. The van der Waals surface area contributed by atoms with Crippen molar-refractivity contribution in [1.29, 1.82) is 0 Å². The number of aliphatic hydroxyl groups is 2. The third-order valence-electron chi connectivity index (χ3n) is 10.7. The molecule has 4 bridgehead atoms. The summed E-state index contributed by atoms with van der Waals surface area (Å²) in [6.07, 6.45) is 10.9. The van der Waals surface area contributed by atoms with Crippen molar-refractivity contribution in [3.05, 3.63) is 0 Å². The van der Waals surface area contributed by atoms with Crippen molar-refractivity contribution in [2.75, 3.05) is 26.4 Å². The second-order valence-corrected chi connectivity index (χ2v) is 11.4. The SMILES string of the molecule is OCC1CC2CC1C1C(COCC3CC4CC3C3CCC(CO)C43)CCC21. The Balaban J connectivity index is 1.03. The summed E-state index contributed by atoms with van der Waals surface area (Å²) in [7, 11) is 0. The van der Waals surface area contributed by atoms with E-state index in [4.69, 9.17) is 4.74 Å². The molecule has 3 nitrogen and oxygen atoms in total. The summed E-state index contributed by atoms with van der Waals surface area (Å²) >= 11 is 0. The van der Waals surface area contributed by atoms with Gasteiger partial charge in [0.05, 0.1) is 0 Å². The Hall–Kier alpha value is -0.120. The third kappa shape index (κ3) is 2.56. The second-order valence-electron chi connectivity index (χ2n) is 11.4. The van der Waals surface area contributed by atoms with Gasteiger partial charge in [0.15, 0.2) is 0 Å². The molecule has 0 saturated heterocycles. The first-order valence-electron chi connectivity index (χ1n) is 12.1. The Morgan fingerprint density at radius 2 is 1.26 bits per heavy atom. The summed E-state index contributed by atoms with van der Waals surface area (Å²) in [6, 6.07) is 0. The van der Waals surface area contributed by atoms with Crippen molar-refractivity contribution < 1.29 is 14.9 Å². The molecule has 152 valence electrons. The van der Waals surface area contributed by atoms with Crippen LogP contribution in [0.5, 0.6) is 0 Å². The van der Waals surface area contributed by atoms with Gasteiger partial charge in [0, 0.05) is 26.4 Å². The Bertz CT molecular complexity index is 564. The third-order valence-corrected chi connectivity index (χ3v) is 10.7. The standard InChI is InChI=1S/C24H38O3/c25-9-13-1-4-20-21-8-16(23(13)20)6-18(21)12-27-11-14-2-3-19-15-5-17(10-26)22(7-15)24(14)19/h13-26H,1-12H2. The van der Waals surface area contributed by atoms with E-state index in [0.717, 1.165) is 72.4 Å². The normalized spacial score (nSPS) is 57.6. The maximum Gasteiger partial charge on any atom is 0.0497 e. The molecule has 27 heavy (non-hydrogen) atoms. The summed E-state index contributed by atoms with van der Waals surface area (Å²) in [4.78, 5) is 0. The Kier molecular flexibility index (Phi) is 4.40. The molecule has 0 spiro atoms. The van der Waals surface area contributed by atoms with Gasteiger partial charge in [-0.3, -0.25) is 0 Å². The summed E-state index contributed by atoms with van der Waals surface area (Å²) in [5.74, 6) is 9.87. The van der Waals surface area contributed by atoms with Crippen LogP contribution in [0.4, 0.5) is 0 Å². The van der Waals surface area contributed by atoms with Crippen LogP contribution in [0, 0.1) is 71.0 Å². The van der Waals surface area contributed by atoms with E-state index in [9.17, 15) is 10.2 Å². The molecule has 2 N–H and O–H groups in total. The average molecular weight is 375 g/mol. The van der Waals surface area contributed by atoms with Crippen LogP contribution in [0.2, 0.25) is 0 Å². The number of fused-ring (bicyclic) bond motifs is 10. The fourth-order valence-corrected chi connectivity index (χ4v) is 9.98. The van der Waals surface area contributed by atoms with Crippen molar-refractivity contribution in [3.63, 3.8) is 0 Å². The number of aliphatic hydroxyl groups excluding tert-OH is 2. The quantitative estimate of drug-likeness (QED) is 0.747. The Morgan fingerprint density at radius 3 is 2.11 bits per heavy atom. The molecule has 0 amide bonds. The average Bonchev–Trinajstić information content (AvgIpc) is 3.48. The monoisotopic (exact) mass is 374 g/mol. The predicted molar refractivity (Wildman–Crippen MR) is 104 cm³/mol. The van der Waals surface area contributed by atoms with E-state index >= 15 is 0 Å². The second kappa shape index (κ2) is 6.71. The summed E-state index contributed by atoms with van der Waals surface area (Å²) in [5.41, 5.74) is 0. The first-order valence-corrected chi connectivity index (χ1v) is 12.1. The van der Waals surface area contributed by atoms with E-state index in [2.05, 4.69) is 0 Å². The summed E-state index contributed by atoms with van der Waals surface area (Å²) in [5, 5.41) is 19.4. The van der Waals surface area contributed by atoms with E-state index in [0.29, 0.717) is 25.0 Å². The van der Waals surface area contributed by atoms with Crippen LogP contribution in [0.25, 0.3) is 0 Å². The first-order chi connectivity index (χ1) is 13.3. The van der Waals surface area contributed by atoms with Crippen LogP contribution in [-0.2, 0) is 4.74 Å². The maximum atomic E-state index is 9.74. The van der Waals surface area contributed by atoms with E-state index in [1.807, 2.05) is 0 Å². The minimum Gasteiger partial charge on any atom is -0.396 e. The zero-order valence-electron chi connectivity index (χ0n) is 16.7. The molecule has 3 heteroatoms. The van der Waals surface area contributed by atoms with Gasteiger partial charge in [-0.2, -0.15) is 0 Å². The molecular formula is C24H38O3. The maximum absolute atomic E-state index is 9.74. The largest absolute Gasteiger partial charge is 0.396 e. The van der Waals surface area contributed by atoms with Gasteiger partial charge in [-0.25, -0.2) is 0 Å². The highest BCUT2D eigenvalue weighted by Crippen LogP contribution is 2.64. The lowest BCUT2D eigenvalue weighted by atomic mass is 9.73. The Morgan fingerprint density at radius 1 is 0.556 bits per heavy atom. The van der Waals surface area contributed by atoms with Crippen molar-refractivity contribution in [2.24, 2.45) is 71.0 Å². The van der Waals surface area contributed by atoms with Gasteiger partial charge in [0.25, 0.3) is 0 Å². The number of rotatable bonds is 6. The molecule has 6 rings (SSSR count). The van der Waals surface area contributed by atoms with E-state index in [-0.39, 0.29) is 0 Å². The summed E-state index contributed by atoms with van der Waals surface area (Å²) < 4.78 is 6.43. The van der Waals surface area contributed by atoms with Crippen LogP contribution >= 0.6 is 0 Å². The zero-order valence-corrected chi connectivity index (χ0v) is 16.7. The topological polar surface area (TPSA) is 49.7 Å². The highest BCUT2D eigenvalue weighted by Gasteiger charge is 2.58. The van der Waals surface area contributed by atoms with E-state index in [1.165, 1.54) is 51.4 Å².